The lowest BCUT2D eigenvalue weighted by Gasteiger charge is -2.09. The fourth-order valence-electron chi connectivity index (χ4n) is 3.70. The Morgan fingerprint density at radius 1 is 1.06 bits per heavy atom. The number of anilines is 1. The van der Waals surface area contributed by atoms with Crippen LogP contribution in [0.25, 0.3) is 11.4 Å². The number of H-pyrrole nitrogens is 1. The van der Waals surface area contributed by atoms with E-state index < -0.39 is 0 Å². The summed E-state index contributed by atoms with van der Waals surface area (Å²) in [5, 5.41) is 7.53. The van der Waals surface area contributed by atoms with E-state index in [4.69, 9.17) is 0 Å². The molecular weight excluding hydrogens is 402 g/mol. The third-order valence-corrected chi connectivity index (χ3v) is 5.33. The molecule has 162 valence electrons. The fraction of sp³-hybridized carbons (Fsp3) is 0.200. The Morgan fingerprint density at radius 2 is 1.84 bits per heavy atom. The van der Waals surface area contributed by atoms with Gasteiger partial charge in [0.25, 0.3) is 11.5 Å². The summed E-state index contributed by atoms with van der Waals surface area (Å²) >= 11 is 0. The molecule has 2 aromatic heterocycles. The van der Waals surface area contributed by atoms with Crippen LogP contribution in [0.3, 0.4) is 0 Å². The Labute approximate surface area is 186 Å². The molecule has 0 aliphatic carbocycles. The predicted octanol–water partition coefficient (Wildman–Crippen LogP) is 4.11. The molecule has 2 heterocycles. The number of carbonyl (C=O) groups excluding carboxylic acids is 1. The van der Waals surface area contributed by atoms with E-state index in [1.54, 1.807) is 6.07 Å². The van der Waals surface area contributed by atoms with Gasteiger partial charge in [0.2, 0.25) is 0 Å². The summed E-state index contributed by atoms with van der Waals surface area (Å²) in [6.45, 7) is 6.29. The lowest BCUT2D eigenvalue weighted by molar-refractivity contribution is 0.102. The van der Waals surface area contributed by atoms with Gasteiger partial charge in [-0.05, 0) is 38.0 Å². The summed E-state index contributed by atoms with van der Waals surface area (Å²) in [6.07, 6.45) is 0.666. The molecule has 0 saturated heterocycles. The summed E-state index contributed by atoms with van der Waals surface area (Å²) in [4.78, 5) is 32.3. The Kier molecular flexibility index (Phi) is 5.98. The second-order valence-corrected chi connectivity index (χ2v) is 7.66. The number of benzene rings is 2. The van der Waals surface area contributed by atoms with Gasteiger partial charge in [0, 0.05) is 28.7 Å². The van der Waals surface area contributed by atoms with Crippen molar-refractivity contribution in [3.63, 3.8) is 0 Å². The van der Waals surface area contributed by atoms with E-state index in [1.807, 2.05) is 74.0 Å². The third kappa shape index (κ3) is 4.51. The molecule has 4 rings (SSSR count). The van der Waals surface area contributed by atoms with Crippen molar-refractivity contribution in [1.29, 1.82) is 0 Å². The van der Waals surface area contributed by atoms with Gasteiger partial charge < -0.3 is 10.3 Å². The minimum Gasteiger partial charge on any atom is -0.322 e. The van der Waals surface area contributed by atoms with Crippen LogP contribution in [-0.4, -0.2) is 25.7 Å². The van der Waals surface area contributed by atoms with Crippen molar-refractivity contribution in [3.05, 3.63) is 99.2 Å². The summed E-state index contributed by atoms with van der Waals surface area (Å²) in [7, 11) is 0. The summed E-state index contributed by atoms with van der Waals surface area (Å²) < 4.78 is 1.85. The molecule has 2 N–H and O–H groups in total. The van der Waals surface area contributed by atoms with Crippen molar-refractivity contribution < 1.29 is 4.79 Å². The molecule has 1 amide bonds. The molecule has 4 aromatic rings. The van der Waals surface area contributed by atoms with Crippen LogP contribution in [0.4, 0.5) is 5.69 Å². The van der Waals surface area contributed by atoms with Crippen LogP contribution < -0.4 is 10.9 Å². The zero-order chi connectivity index (χ0) is 22.7. The van der Waals surface area contributed by atoms with Crippen LogP contribution in [0.15, 0.2) is 65.5 Å². The number of nitrogens with one attached hydrogen (secondary N) is 2. The lowest BCUT2D eigenvalue weighted by atomic mass is 10.1. The van der Waals surface area contributed by atoms with Crippen LogP contribution >= 0.6 is 0 Å². The number of nitrogens with zero attached hydrogens (tertiary/aromatic N) is 3. The quantitative estimate of drug-likeness (QED) is 0.484. The van der Waals surface area contributed by atoms with Gasteiger partial charge in [-0.2, -0.15) is 5.10 Å². The second kappa shape index (κ2) is 9.01. The fourth-order valence-corrected chi connectivity index (χ4v) is 3.70. The first-order valence-corrected chi connectivity index (χ1v) is 10.5. The van der Waals surface area contributed by atoms with E-state index in [0.717, 1.165) is 22.5 Å². The predicted molar refractivity (Wildman–Crippen MR) is 125 cm³/mol. The van der Waals surface area contributed by atoms with Crippen molar-refractivity contribution in [2.75, 3.05) is 5.32 Å². The van der Waals surface area contributed by atoms with Crippen LogP contribution in [0, 0.1) is 13.8 Å². The smallest absolute Gasteiger partial charge is 0.259 e. The van der Waals surface area contributed by atoms with Crippen LogP contribution in [-0.2, 0) is 13.0 Å². The second-order valence-electron chi connectivity index (χ2n) is 7.66. The van der Waals surface area contributed by atoms with Crippen molar-refractivity contribution in [2.24, 2.45) is 0 Å². The van der Waals surface area contributed by atoms with Gasteiger partial charge in [0.15, 0.2) is 0 Å². The SMILES string of the molecule is CCc1cc(=O)[nH]c(-c2cccc(NC(=O)c3c(C)nn(Cc4ccccc4)c3C)c2)n1. The van der Waals surface area contributed by atoms with E-state index >= 15 is 0 Å². The zero-order valence-electron chi connectivity index (χ0n) is 18.3. The van der Waals surface area contributed by atoms with Crippen molar-refractivity contribution in [3.8, 4) is 11.4 Å². The van der Waals surface area contributed by atoms with Crippen molar-refractivity contribution in [2.45, 2.75) is 33.7 Å². The van der Waals surface area contributed by atoms with E-state index in [-0.39, 0.29) is 11.5 Å². The van der Waals surface area contributed by atoms with Crippen LogP contribution in [0.5, 0.6) is 0 Å². The third-order valence-electron chi connectivity index (χ3n) is 5.33. The summed E-state index contributed by atoms with van der Waals surface area (Å²) in [5.41, 5.74) is 5.03. The maximum atomic E-state index is 13.1. The largest absolute Gasteiger partial charge is 0.322 e. The number of aromatic nitrogens is 4. The van der Waals surface area contributed by atoms with Gasteiger partial charge in [0.05, 0.1) is 17.8 Å². The number of aromatic amines is 1. The summed E-state index contributed by atoms with van der Waals surface area (Å²) in [5.74, 6) is 0.258. The average molecular weight is 428 g/mol. The molecule has 0 aliphatic heterocycles. The highest BCUT2D eigenvalue weighted by molar-refractivity contribution is 6.06. The molecule has 0 spiro atoms. The maximum absolute atomic E-state index is 13.1. The molecule has 0 radical (unpaired) electrons. The molecular formula is C25H25N5O2. The number of amides is 1. The Hall–Kier alpha value is -4.00. The standard InChI is InChI=1S/C25H25N5O2/c1-4-20-14-22(31)28-24(26-20)19-11-8-12-21(13-19)27-25(32)23-16(2)29-30(17(23)3)15-18-9-6-5-7-10-18/h5-14H,4,15H2,1-3H3,(H,27,32)(H,26,28,31). The van der Waals surface area contributed by atoms with E-state index in [0.29, 0.717) is 35.7 Å². The van der Waals surface area contributed by atoms with Gasteiger partial charge in [-0.25, -0.2) is 4.98 Å². The first-order chi connectivity index (χ1) is 15.4. The highest BCUT2D eigenvalue weighted by atomic mass is 16.1. The maximum Gasteiger partial charge on any atom is 0.259 e. The van der Waals surface area contributed by atoms with Gasteiger partial charge in [-0.3, -0.25) is 14.3 Å². The molecule has 0 fully saturated rings. The van der Waals surface area contributed by atoms with E-state index in [2.05, 4.69) is 20.4 Å². The number of hydrogen-bond acceptors (Lipinski definition) is 4. The molecule has 7 heteroatoms. The van der Waals surface area contributed by atoms with E-state index in [1.165, 1.54) is 6.07 Å². The molecule has 0 bridgehead atoms. The molecule has 32 heavy (non-hydrogen) atoms. The monoisotopic (exact) mass is 427 g/mol. The highest BCUT2D eigenvalue weighted by Gasteiger charge is 2.19. The molecule has 0 saturated carbocycles. The Bertz CT molecular complexity index is 1320. The van der Waals surface area contributed by atoms with E-state index in [9.17, 15) is 9.59 Å². The Morgan fingerprint density at radius 3 is 2.59 bits per heavy atom. The minimum atomic E-state index is -0.222. The molecule has 2 aromatic carbocycles. The minimum absolute atomic E-state index is 0.196. The average Bonchev–Trinajstić information content (AvgIpc) is 3.07. The number of hydrogen-bond donors (Lipinski definition) is 2. The molecule has 0 unspecified atom stereocenters. The molecule has 0 aliphatic rings. The van der Waals surface area contributed by atoms with Gasteiger partial charge in [0.1, 0.15) is 5.82 Å². The first kappa shape index (κ1) is 21.2. The normalized spacial score (nSPS) is 10.8. The van der Waals surface area contributed by atoms with Crippen LogP contribution in [0.2, 0.25) is 0 Å². The van der Waals surface area contributed by atoms with Gasteiger partial charge in [-0.1, -0.05) is 49.4 Å². The van der Waals surface area contributed by atoms with Crippen LogP contribution in [0.1, 0.15) is 39.9 Å². The number of rotatable bonds is 6. The zero-order valence-corrected chi connectivity index (χ0v) is 18.3. The van der Waals surface area contributed by atoms with Crippen molar-refractivity contribution in [1.82, 2.24) is 19.7 Å². The number of carbonyl (C=O) groups is 1. The number of aryl methyl sites for hydroxylation is 2. The van der Waals surface area contributed by atoms with Crippen molar-refractivity contribution >= 4 is 11.6 Å². The first-order valence-electron chi connectivity index (χ1n) is 10.5. The highest BCUT2D eigenvalue weighted by Crippen LogP contribution is 2.21. The van der Waals surface area contributed by atoms with Gasteiger partial charge in [-0.15, -0.1) is 0 Å². The molecule has 0 atom stereocenters. The molecule has 7 nitrogen and oxygen atoms in total. The lowest BCUT2D eigenvalue weighted by Crippen LogP contribution is -2.15. The summed E-state index contributed by atoms with van der Waals surface area (Å²) in [6, 6.07) is 18.8. The van der Waals surface area contributed by atoms with Gasteiger partial charge >= 0.3 is 0 Å². The Balaban J connectivity index is 1.58. The topological polar surface area (TPSA) is 92.7 Å².